The van der Waals surface area contributed by atoms with E-state index < -0.39 is 46.6 Å². The first-order chi connectivity index (χ1) is 19.8. The zero-order valence-electron chi connectivity index (χ0n) is 22.9. The second-order valence-corrected chi connectivity index (χ2v) is 10.7. The molecule has 0 aliphatic carbocycles. The lowest BCUT2D eigenvalue weighted by Crippen LogP contribution is -2.55. The third-order valence-corrected chi connectivity index (χ3v) is 8.00. The van der Waals surface area contributed by atoms with Gasteiger partial charge in [-0.15, -0.1) is 0 Å². The highest BCUT2D eigenvalue weighted by Gasteiger charge is 2.58. The van der Waals surface area contributed by atoms with Gasteiger partial charge in [0.05, 0.1) is 5.69 Å². The number of nitrogens with one attached hydrogen (secondary N) is 3. The predicted octanol–water partition coefficient (Wildman–Crippen LogP) is 4.21. The normalized spacial score (nSPS) is 18.3. The van der Waals surface area contributed by atoms with Crippen molar-refractivity contribution in [2.75, 3.05) is 19.0 Å². The summed E-state index contributed by atoms with van der Waals surface area (Å²) in [6, 6.07) is 10.4. The van der Waals surface area contributed by atoms with Gasteiger partial charge in [-0.1, -0.05) is 13.8 Å². The molecule has 2 atom stereocenters. The predicted molar refractivity (Wildman–Crippen MR) is 149 cm³/mol. The van der Waals surface area contributed by atoms with Crippen molar-refractivity contribution in [1.29, 1.82) is 0 Å². The van der Waals surface area contributed by atoms with Crippen LogP contribution in [0.3, 0.4) is 0 Å². The molecule has 3 N–H and O–H groups in total. The van der Waals surface area contributed by atoms with Crippen LogP contribution in [-0.4, -0.2) is 58.9 Å². The van der Waals surface area contributed by atoms with E-state index in [-0.39, 0.29) is 33.7 Å². The molecule has 0 saturated carbocycles. The summed E-state index contributed by atoms with van der Waals surface area (Å²) in [4.78, 5) is 61.4. The number of aromatic nitrogens is 2. The molecule has 5 amide bonds. The van der Waals surface area contributed by atoms with Gasteiger partial charge in [0.15, 0.2) is 0 Å². The molecule has 0 bridgehead atoms. The average Bonchev–Trinajstić information content (AvgIpc) is 3.25. The minimum atomic E-state index is -4.50. The van der Waals surface area contributed by atoms with Crippen molar-refractivity contribution in [2.24, 2.45) is 0 Å². The molecule has 1 aliphatic heterocycles. The molecular weight excluding hydrogens is 573 g/mol. The quantitative estimate of drug-likeness (QED) is 0.261. The van der Waals surface area contributed by atoms with Crippen molar-refractivity contribution in [2.45, 2.75) is 41.6 Å². The van der Waals surface area contributed by atoms with Gasteiger partial charge in [0.1, 0.15) is 16.9 Å². The molecule has 220 valence electrons. The van der Waals surface area contributed by atoms with E-state index in [0.29, 0.717) is 11.1 Å². The van der Waals surface area contributed by atoms with Gasteiger partial charge in [0.2, 0.25) is 0 Å². The fraction of sp³-hybridized carbons (Fsp3) is 0.286. The molecular formula is C28H27F3N6O4S. The zero-order valence-corrected chi connectivity index (χ0v) is 23.8. The summed E-state index contributed by atoms with van der Waals surface area (Å²) >= 11 is -0.313. The zero-order chi connectivity index (χ0) is 30.8. The van der Waals surface area contributed by atoms with Crippen molar-refractivity contribution in [3.8, 4) is 0 Å². The topological polar surface area (TPSA) is 133 Å². The van der Waals surface area contributed by atoms with Crippen LogP contribution in [0.5, 0.6) is 0 Å². The second kappa shape index (κ2) is 11.8. The number of carbonyl (C=O) groups is 4. The van der Waals surface area contributed by atoms with Crippen LogP contribution in [0.15, 0.2) is 65.8 Å². The monoisotopic (exact) mass is 600 g/mol. The lowest BCUT2D eigenvalue weighted by molar-refractivity contribution is -0.123. The Morgan fingerprint density at radius 3 is 1.79 bits per heavy atom. The van der Waals surface area contributed by atoms with Gasteiger partial charge < -0.3 is 16.0 Å². The minimum absolute atomic E-state index is 0.0758. The molecule has 14 heteroatoms. The van der Waals surface area contributed by atoms with Crippen molar-refractivity contribution in [3.05, 3.63) is 83.4 Å². The molecule has 3 heterocycles. The van der Waals surface area contributed by atoms with Crippen LogP contribution in [0.1, 0.15) is 57.8 Å². The molecule has 1 aliphatic rings. The Balaban J connectivity index is 1.83. The van der Waals surface area contributed by atoms with Crippen molar-refractivity contribution >= 4 is 41.2 Å². The molecule has 2 unspecified atom stereocenters. The molecule has 1 aromatic carbocycles. The summed E-state index contributed by atoms with van der Waals surface area (Å²) in [7, 11) is 2.91. The van der Waals surface area contributed by atoms with E-state index in [1.54, 1.807) is 26.0 Å². The number of carbonyl (C=O) groups excluding carboxylic acids is 4. The maximum Gasteiger partial charge on any atom is 0.446 e. The largest absolute Gasteiger partial charge is 0.446 e. The number of thioether (sulfide) groups is 1. The molecule has 42 heavy (non-hydrogen) atoms. The summed E-state index contributed by atoms with van der Waals surface area (Å²) < 4.78 is 38.5. The summed E-state index contributed by atoms with van der Waals surface area (Å²) in [5, 5.41) is 7.85. The fourth-order valence-electron chi connectivity index (χ4n) is 5.02. The summed E-state index contributed by atoms with van der Waals surface area (Å²) in [5.41, 5.74) is -4.85. The third kappa shape index (κ3) is 5.79. The van der Waals surface area contributed by atoms with E-state index in [1.165, 1.54) is 62.9 Å². The Morgan fingerprint density at radius 2 is 1.36 bits per heavy atom. The fourth-order valence-corrected chi connectivity index (χ4v) is 5.56. The number of anilines is 1. The Bertz CT molecular complexity index is 1470. The second-order valence-electron chi connectivity index (χ2n) is 9.53. The first kappa shape index (κ1) is 30.5. The summed E-state index contributed by atoms with van der Waals surface area (Å²) in [6.07, 6.45) is 2.84. The molecule has 2 aromatic heterocycles. The van der Waals surface area contributed by atoms with Gasteiger partial charge in [-0.05, 0) is 71.4 Å². The Kier molecular flexibility index (Phi) is 8.57. The smallest absolute Gasteiger partial charge is 0.354 e. The van der Waals surface area contributed by atoms with Crippen molar-refractivity contribution in [3.63, 3.8) is 0 Å². The number of pyridine rings is 2. The molecule has 4 rings (SSSR count). The van der Waals surface area contributed by atoms with Crippen molar-refractivity contribution in [1.82, 2.24) is 25.9 Å². The number of halogens is 3. The standard InChI is InChI=1S/C28H27F3N6O4S/c1-15(17-9-11-34-21(13-17)23(38)32-3)27(16(2)18-10-12-35-22(14-18)24(39)33-4)25(40)37(26(41)36-27)19-5-7-20(8-6-19)42-28(29,30)31/h5-16H,1-4H3,(H,32,38)(H,33,39)(H,36,41). The van der Waals surface area contributed by atoms with Crippen LogP contribution in [-0.2, 0) is 4.79 Å². The number of imide groups is 1. The van der Waals surface area contributed by atoms with Gasteiger partial charge >= 0.3 is 11.5 Å². The van der Waals surface area contributed by atoms with E-state index in [9.17, 15) is 32.3 Å². The van der Waals surface area contributed by atoms with Crippen LogP contribution in [0.2, 0.25) is 0 Å². The van der Waals surface area contributed by atoms with Gasteiger partial charge in [0, 0.05) is 43.2 Å². The number of alkyl halides is 3. The first-order valence-electron chi connectivity index (χ1n) is 12.7. The van der Waals surface area contributed by atoms with Crippen LogP contribution >= 0.6 is 11.8 Å². The maximum atomic E-state index is 14.4. The Morgan fingerprint density at radius 1 is 0.881 bits per heavy atom. The van der Waals surface area contributed by atoms with Gasteiger partial charge in [-0.3, -0.25) is 24.4 Å². The summed E-state index contributed by atoms with van der Waals surface area (Å²) in [5.74, 6) is -3.07. The van der Waals surface area contributed by atoms with E-state index in [2.05, 4.69) is 25.9 Å². The number of nitrogens with zero attached hydrogens (tertiary/aromatic N) is 3. The molecule has 0 radical (unpaired) electrons. The number of hydrogen-bond donors (Lipinski definition) is 3. The maximum absolute atomic E-state index is 14.4. The van der Waals surface area contributed by atoms with Crippen LogP contribution < -0.4 is 20.9 Å². The van der Waals surface area contributed by atoms with E-state index >= 15 is 0 Å². The first-order valence-corrected chi connectivity index (χ1v) is 13.5. The summed E-state index contributed by atoms with van der Waals surface area (Å²) in [6.45, 7) is 3.43. The molecule has 10 nitrogen and oxygen atoms in total. The van der Waals surface area contributed by atoms with Crippen LogP contribution in [0.4, 0.5) is 23.7 Å². The number of hydrogen-bond acceptors (Lipinski definition) is 7. The number of urea groups is 1. The Labute approximate surface area is 243 Å². The van der Waals surface area contributed by atoms with Crippen LogP contribution in [0.25, 0.3) is 0 Å². The minimum Gasteiger partial charge on any atom is -0.354 e. The van der Waals surface area contributed by atoms with E-state index in [1.807, 2.05) is 0 Å². The van der Waals surface area contributed by atoms with E-state index in [4.69, 9.17) is 0 Å². The van der Waals surface area contributed by atoms with Crippen molar-refractivity contribution < 1.29 is 32.3 Å². The molecule has 0 spiro atoms. The number of benzene rings is 1. The average molecular weight is 601 g/mol. The Hall–Kier alpha value is -4.46. The molecule has 3 aromatic rings. The third-order valence-electron chi connectivity index (χ3n) is 7.26. The number of amides is 5. The number of rotatable bonds is 8. The van der Waals surface area contributed by atoms with E-state index in [0.717, 1.165) is 4.90 Å². The lowest BCUT2D eigenvalue weighted by atomic mass is 9.69. The van der Waals surface area contributed by atoms with Crippen LogP contribution in [0, 0.1) is 0 Å². The van der Waals surface area contributed by atoms with Gasteiger partial charge in [-0.2, -0.15) is 13.2 Å². The highest BCUT2D eigenvalue weighted by Crippen LogP contribution is 2.45. The lowest BCUT2D eigenvalue weighted by Gasteiger charge is -2.39. The van der Waals surface area contributed by atoms with Gasteiger partial charge in [-0.25, -0.2) is 9.69 Å². The highest BCUT2D eigenvalue weighted by molar-refractivity contribution is 8.00. The SMILES string of the molecule is CNC(=O)c1cc(C(C)C2(C(C)c3ccnc(C(=O)NC)c3)NC(=O)N(c3ccc(SC(F)(F)F)cc3)C2=O)ccn1. The molecule has 1 fully saturated rings. The van der Waals surface area contributed by atoms with Gasteiger partial charge in [0.25, 0.3) is 17.7 Å². The molecule has 1 saturated heterocycles. The highest BCUT2D eigenvalue weighted by atomic mass is 32.2.